The van der Waals surface area contributed by atoms with Crippen molar-refractivity contribution in [2.45, 2.75) is 19.9 Å². The molecule has 0 aliphatic carbocycles. The van der Waals surface area contributed by atoms with Crippen LogP contribution in [0.1, 0.15) is 13.3 Å². The molecule has 102 valence electrons. The maximum absolute atomic E-state index is 11.6. The standard InChI is InChI=1S/C10H16ClN3O3S/c1-3-14-10(15)9(11)8(7-13-14)12-5-4-6-18(2,16)17/h7,12H,3-6H2,1-2H3. The number of hydrogen-bond donors (Lipinski definition) is 1. The van der Waals surface area contributed by atoms with Gasteiger partial charge in [-0.15, -0.1) is 0 Å². The molecular weight excluding hydrogens is 278 g/mol. The summed E-state index contributed by atoms with van der Waals surface area (Å²) in [5, 5.41) is 6.90. The summed E-state index contributed by atoms with van der Waals surface area (Å²) in [7, 11) is -2.96. The van der Waals surface area contributed by atoms with Gasteiger partial charge in [-0.3, -0.25) is 4.79 Å². The van der Waals surface area contributed by atoms with E-state index in [0.717, 1.165) is 0 Å². The lowest BCUT2D eigenvalue weighted by atomic mass is 10.4. The van der Waals surface area contributed by atoms with Crippen LogP contribution in [0.15, 0.2) is 11.0 Å². The maximum Gasteiger partial charge on any atom is 0.287 e. The summed E-state index contributed by atoms with van der Waals surface area (Å²) in [5.41, 5.74) is 0.0761. The SMILES string of the molecule is CCn1ncc(NCCCS(C)(=O)=O)c(Cl)c1=O. The summed E-state index contributed by atoms with van der Waals surface area (Å²) < 4.78 is 23.1. The van der Waals surface area contributed by atoms with Gasteiger partial charge in [0.05, 0.1) is 17.6 Å². The van der Waals surface area contributed by atoms with Crippen molar-refractivity contribution in [1.29, 1.82) is 0 Å². The Labute approximate surface area is 111 Å². The van der Waals surface area contributed by atoms with Crippen LogP contribution in [0.25, 0.3) is 0 Å². The number of nitrogens with zero attached hydrogens (tertiary/aromatic N) is 2. The Morgan fingerprint density at radius 1 is 1.50 bits per heavy atom. The van der Waals surface area contributed by atoms with Gasteiger partial charge in [-0.2, -0.15) is 5.10 Å². The highest BCUT2D eigenvalue weighted by Crippen LogP contribution is 2.14. The minimum absolute atomic E-state index is 0.0752. The molecule has 0 saturated heterocycles. The fraction of sp³-hybridized carbons (Fsp3) is 0.600. The van der Waals surface area contributed by atoms with Gasteiger partial charge in [0, 0.05) is 19.3 Å². The second-order valence-corrected chi connectivity index (χ2v) is 6.54. The molecule has 0 amide bonds. The average molecular weight is 294 g/mol. The van der Waals surface area contributed by atoms with E-state index in [2.05, 4.69) is 10.4 Å². The summed E-state index contributed by atoms with van der Waals surface area (Å²) in [6.07, 6.45) is 3.10. The number of rotatable bonds is 6. The molecule has 0 unspecified atom stereocenters. The Hall–Kier alpha value is -1.08. The molecule has 8 heteroatoms. The van der Waals surface area contributed by atoms with Crippen molar-refractivity contribution >= 4 is 27.1 Å². The molecule has 0 radical (unpaired) electrons. The van der Waals surface area contributed by atoms with Crippen LogP contribution >= 0.6 is 11.6 Å². The number of aromatic nitrogens is 2. The van der Waals surface area contributed by atoms with Crippen LogP contribution in [-0.4, -0.2) is 36.8 Å². The first-order chi connectivity index (χ1) is 8.35. The van der Waals surface area contributed by atoms with Gasteiger partial charge in [0.15, 0.2) is 0 Å². The average Bonchev–Trinajstić information content (AvgIpc) is 2.28. The molecule has 0 bridgehead atoms. The number of halogens is 1. The zero-order chi connectivity index (χ0) is 13.8. The van der Waals surface area contributed by atoms with Crippen molar-refractivity contribution in [3.63, 3.8) is 0 Å². The van der Waals surface area contributed by atoms with Gasteiger partial charge in [0.1, 0.15) is 14.9 Å². The van der Waals surface area contributed by atoms with Crippen LogP contribution in [0, 0.1) is 0 Å². The van der Waals surface area contributed by atoms with Gasteiger partial charge in [-0.05, 0) is 13.3 Å². The number of hydrogen-bond acceptors (Lipinski definition) is 5. The van der Waals surface area contributed by atoms with Gasteiger partial charge < -0.3 is 5.32 Å². The molecule has 0 aliphatic rings. The van der Waals surface area contributed by atoms with Gasteiger partial charge in [-0.1, -0.05) is 11.6 Å². The molecule has 1 heterocycles. The zero-order valence-corrected chi connectivity index (χ0v) is 11.9. The molecule has 1 aromatic heterocycles. The third-order valence-electron chi connectivity index (χ3n) is 2.29. The summed E-state index contributed by atoms with van der Waals surface area (Å²) in [6.45, 7) is 2.67. The van der Waals surface area contributed by atoms with Gasteiger partial charge in [0.25, 0.3) is 5.56 Å². The van der Waals surface area contributed by atoms with Crippen LogP contribution in [0.5, 0.6) is 0 Å². The first-order valence-corrected chi connectivity index (χ1v) is 7.96. The minimum Gasteiger partial charge on any atom is -0.382 e. The lowest BCUT2D eigenvalue weighted by molar-refractivity contribution is 0.600. The van der Waals surface area contributed by atoms with Gasteiger partial charge in [-0.25, -0.2) is 13.1 Å². The fourth-order valence-corrected chi connectivity index (χ4v) is 2.25. The number of nitrogens with one attached hydrogen (secondary N) is 1. The van der Waals surface area contributed by atoms with E-state index >= 15 is 0 Å². The molecule has 0 saturated carbocycles. The molecule has 18 heavy (non-hydrogen) atoms. The van der Waals surface area contributed by atoms with Crippen LogP contribution < -0.4 is 10.9 Å². The Balaban J connectivity index is 2.64. The smallest absolute Gasteiger partial charge is 0.287 e. The predicted octanol–water partition coefficient (Wildman–Crippen LogP) is 0.763. The molecule has 0 atom stereocenters. The molecule has 0 fully saturated rings. The largest absolute Gasteiger partial charge is 0.382 e. The number of sulfone groups is 1. The van der Waals surface area contributed by atoms with Crippen LogP contribution in [0.3, 0.4) is 0 Å². The third kappa shape index (κ3) is 4.30. The molecular formula is C10H16ClN3O3S. The topological polar surface area (TPSA) is 81.1 Å². The second kappa shape index (κ2) is 6.19. The first kappa shape index (κ1) is 15.0. The predicted molar refractivity (Wildman–Crippen MR) is 72.0 cm³/mol. The van der Waals surface area contributed by atoms with Crippen molar-refractivity contribution in [3.05, 3.63) is 21.6 Å². The van der Waals surface area contributed by atoms with Crippen LogP contribution in [0.4, 0.5) is 5.69 Å². The van der Waals surface area contributed by atoms with E-state index in [0.29, 0.717) is 25.2 Å². The second-order valence-electron chi connectivity index (χ2n) is 3.90. The Morgan fingerprint density at radius 2 is 2.17 bits per heavy atom. The third-order valence-corrected chi connectivity index (χ3v) is 3.69. The van der Waals surface area contributed by atoms with Crippen molar-refractivity contribution in [3.8, 4) is 0 Å². The fourth-order valence-electron chi connectivity index (χ4n) is 1.37. The quantitative estimate of drug-likeness (QED) is 0.783. The van der Waals surface area contributed by atoms with Crippen molar-refractivity contribution in [2.24, 2.45) is 0 Å². The molecule has 0 spiro atoms. The van der Waals surface area contributed by atoms with Crippen molar-refractivity contribution in [2.75, 3.05) is 23.9 Å². The Morgan fingerprint density at radius 3 is 2.72 bits per heavy atom. The van der Waals surface area contributed by atoms with Gasteiger partial charge in [0.2, 0.25) is 0 Å². The summed E-state index contributed by atoms with van der Waals surface area (Å²) in [4.78, 5) is 11.6. The van der Waals surface area contributed by atoms with Crippen molar-refractivity contribution < 1.29 is 8.42 Å². The van der Waals surface area contributed by atoms with E-state index in [1.54, 1.807) is 6.92 Å². The highest BCUT2D eigenvalue weighted by atomic mass is 35.5. The van der Waals surface area contributed by atoms with E-state index in [9.17, 15) is 13.2 Å². The molecule has 1 aromatic rings. The summed E-state index contributed by atoms with van der Waals surface area (Å²) >= 11 is 5.89. The molecule has 1 N–H and O–H groups in total. The number of aryl methyl sites for hydroxylation is 1. The Bertz CT molecular complexity index is 568. The molecule has 0 aliphatic heterocycles. The first-order valence-electron chi connectivity index (χ1n) is 5.52. The van der Waals surface area contributed by atoms with E-state index < -0.39 is 9.84 Å². The van der Waals surface area contributed by atoms with E-state index in [1.807, 2.05) is 0 Å². The lowest BCUT2D eigenvalue weighted by Crippen LogP contribution is -2.23. The van der Waals surface area contributed by atoms with Gasteiger partial charge >= 0.3 is 0 Å². The monoisotopic (exact) mass is 293 g/mol. The highest BCUT2D eigenvalue weighted by Gasteiger charge is 2.08. The van der Waals surface area contributed by atoms with E-state index in [4.69, 9.17) is 11.6 Å². The Kier molecular flexibility index (Phi) is 5.15. The highest BCUT2D eigenvalue weighted by molar-refractivity contribution is 7.90. The zero-order valence-electron chi connectivity index (χ0n) is 10.3. The molecule has 1 rings (SSSR count). The lowest BCUT2D eigenvalue weighted by Gasteiger charge is -2.08. The van der Waals surface area contributed by atoms with Crippen LogP contribution in [-0.2, 0) is 16.4 Å². The van der Waals surface area contributed by atoms with E-state index in [1.165, 1.54) is 17.1 Å². The normalized spacial score (nSPS) is 11.5. The maximum atomic E-state index is 11.6. The van der Waals surface area contributed by atoms with Crippen molar-refractivity contribution in [1.82, 2.24) is 9.78 Å². The minimum atomic E-state index is -2.96. The summed E-state index contributed by atoms with van der Waals surface area (Å²) in [5.74, 6) is 0.0943. The van der Waals surface area contributed by atoms with E-state index in [-0.39, 0.29) is 16.3 Å². The molecule has 0 aromatic carbocycles. The summed E-state index contributed by atoms with van der Waals surface area (Å²) in [6, 6.07) is 0. The molecule has 6 nitrogen and oxygen atoms in total. The number of anilines is 1. The van der Waals surface area contributed by atoms with Crippen LogP contribution in [0.2, 0.25) is 5.02 Å².